The molecule has 1 aliphatic rings. The van der Waals surface area contributed by atoms with Gasteiger partial charge in [0.2, 0.25) is 0 Å². The molecule has 1 aliphatic heterocycles. The summed E-state index contributed by atoms with van der Waals surface area (Å²) in [5.41, 5.74) is 1.41. The van der Waals surface area contributed by atoms with Crippen LogP contribution in [-0.2, 0) is 4.74 Å². The highest BCUT2D eigenvalue weighted by atomic mass is 32.1. The Bertz CT molecular complexity index is 1040. The van der Waals surface area contributed by atoms with Crippen LogP contribution in [0.2, 0.25) is 0 Å². The predicted molar refractivity (Wildman–Crippen MR) is 106 cm³/mol. The lowest BCUT2D eigenvalue weighted by Gasteiger charge is -2.18. The van der Waals surface area contributed by atoms with E-state index in [1.165, 1.54) is 11.3 Å². The van der Waals surface area contributed by atoms with Gasteiger partial charge >= 0.3 is 5.97 Å². The van der Waals surface area contributed by atoms with Gasteiger partial charge < -0.3 is 18.9 Å². The minimum absolute atomic E-state index is 0.163. The second-order valence-electron chi connectivity index (χ2n) is 6.12. The van der Waals surface area contributed by atoms with E-state index < -0.39 is 5.97 Å². The molecule has 8 heteroatoms. The number of Topliss-reactive ketones (excluding diaryl/α,β-unsaturated/α-hetero) is 1. The lowest BCUT2D eigenvalue weighted by molar-refractivity contribution is 0.0469. The largest absolute Gasteiger partial charge is 0.497 e. The molecule has 148 valence electrons. The van der Waals surface area contributed by atoms with E-state index in [0.29, 0.717) is 35.3 Å². The van der Waals surface area contributed by atoms with Gasteiger partial charge in [-0.1, -0.05) is 0 Å². The number of carbonyl (C=O) groups is 2. The number of ketones is 1. The third-order valence-corrected chi connectivity index (χ3v) is 5.14. The maximum absolute atomic E-state index is 12.4. The van der Waals surface area contributed by atoms with E-state index in [4.69, 9.17) is 18.9 Å². The van der Waals surface area contributed by atoms with Crippen molar-refractivity contribution < 1.29 is 28.5 Å². The molecule has 0 spiro atoms. The van der Waals surface area contributed by atoms with Crippen LogP contribution < -0.4 is 14.2 Å². The van der Waals surface area contributed by atoms with Crippen LogP contribution >= 0.6 is 11.3 Å². The predicted octanol–water partition coefficient (Wildman–Crippen LogP) is 3.63. The summed E-state index contributed by atoms with van der Waals surface area (Å²) in [5, 5.41) is 2.29. The molecule has 0 fully saturated rings. The summed E-state index contributed by atoms with van der Waals surface area (Å²) < 4.78 is 21.2. The molecule has 7 nitrogen and oxygen atoms in total. The Morgan fingerprint density at radius 1 is 1.07 bits per heavy atom. The van der Waals surface area contributed by atoms with Crippen LogP contribution in [0.3, 0.4) is 0 Å². The zero-order chi connectivity index (χ0) is 20.2. The van der Waals surface area contributed by atoms with Gasteiger partial charge in [-0.2, -0.15) is 0 Å². The van der Waals surface area contributed by atoms with Crippen LogP contribution in [0.1, 0.15) is 20.8 Å². The van der Waals surface area contributed by atoms with Crippen LogP contribution in [0.15, 0.2) is 47.8 Å². The van der Waals surface area contributed by atoms with E-state index in [1.54, 1.807) is 30.7 Å². The number of thiazole rings is 1. The molecular formula is C21H17NO6S. The molecule has 4 rings (SSSR count). The van der Waals surface area contributed by atoms with Gasteiger partial charge in [0.1, 0.15) is 24.0 Å². The summed E-state index contributed by atoms with van der Waals surface area (Å²) in [6.07, 6.45) is 0. The van der Waals surface area contributed by atoms with E-state index in [2.05, 4.69) is 4.98 Å². The fourth-order valence-electron chi connectivity index (χ4n) is 2.74. The van der Waals surface area contributed by atoms with E-state index in [-0.39, 0.29) is 18.1 Å². The zero-order valence-electron chi connectivity index (χ0n) is 15.5. The van der Waals surface area contributed by atoms with Crippen LogP contribution in [-0.4, -0.2) is 43.7 Å². The van der Waals surface area contributed by atoms with Gasteiger partial charge in [-0.15, -0.1) is 11.3 Å². The summed E-state index contributed by atoms with van der Waals surface area (Å²) in [6, 6.07) is 12.2. The number of fused-ring (bicyclic) bond motifs is 1. The highest BCUT2D eigenvalue weighted by Gasteiger charge is 2.18. The van der Waals surface area contributed by atoms with Crippen molar-refractivity contribution in [1.82, 2.24) is 4.98 Å². The number of hydrogen-bond acceptors (Lipinski definition) is 8. The molecule has 0 saturated carbocycles. The minimum atomic E-state index is -0.646. The molecule has 0 N–H and O–H groups in total. The normalized spacial score (nSPS) is 12.3. The van der Waals surface area contributed by atoms with Crippen LogP contribution in [0.5, 0.6) is 17.2 Å². The van der Waals surface area contributed by atoms with Crippen molar-refractivity contribution in [3.05, 3.63) is 59.1 Å². The second kappa shape index (κ2) is 8.32. The average Bonchev–Trinajstić information content (AvgIpc) is 3.27. The number of benzene rings is 2. The van der Waals surface area contributed by atoms with Crippen molar-refractivity contribution in [3.63, 3.8) is 0 Å². The summed E-state index contributed by atoms with van der Waals surface area (Å²) in [4.78, 5) is 28.9. The lowest BCUT2D eigenvalue weighted by atomic mass is 10.1. The summed E-state index contributed by atoms with van der Waals surface area (Å²) in [6.45, 7) is 0.526. The van der Waals surface area contributed by atoms with Gasteiger partial charge in [-0.05, 0) is 42.5 Å². The summed E-state index contributed by atoms with van der Waals surface area (Å²) in [5.74, 6) is 0.866. The molecule has 0 amide bonds. The van der Waals surface area contributed by atoms with E-state index in [0.717, 1.165) is 11.3 Å². The van der Waals surface area contributed by atoms with Gasteiger partial charge in [-0.3, -0.25) is 4.79 Å². The number of carbonyl (C=O) groups excluding carboxylic acids is 2. The van der Waals surface area contributed by atoms with E-state index >= 15 is 0 Å². The molecule has 0 unspecified atom stereocenters. The summed E-state index contributed by atoms with van der Waals surface area (Å²) >= 11 is 1.32. The fourth-order valence-corrected chi connectivity index (χ4v) is 3.53. The fraction of sp³-hybridized carbons (Fsp3) is 0.190. The smallest absolute Gasteiger partial charge is 0.358 e. The second-order valence-corrected chi connectivity index (χ2v) is 6.98. The molecule has 0 atom stereocenters. The Labute approximate surface area is 170 Å². The topological polar surface area (TPSA) is 84.0 Å². The van der Waals surface area contributed by atoms with Crippen molar-refractivity contribution >= 4 is 23.1 Å². The summed E-state index contributed by atoms with van der Waals surface area (Å²) in [7, 11) is 1.60. The number of ether oxygens (including phenoxy) is 4. The van der Waals surface area contributed by atoms with Gasteiger partial charge in [0.05, 0.1) is 7.11 Å². The van der Waals surface area contributed by atoms with E-state index in [9.17, 15) is 9.59 Å². The SMILES string of the molecule is COc1ccc(-c2nc(C(=O)OCC(=O)c3ccc4c(c3)OCCO4)cs2)cc1. The van der Waals surface area contributed by atoms with Gasteiger partial charge in [-0.25, -0.2) is 9.78 Å². The highest BCUT2D eigenvalue weighted by molar-refractivity contribution is 7.13. The van der Waals surface area contributed by atoms with Gasteiger partial charge in [0, 0.05) is 16.5 Å². The third kappa shape index (κ3) is 4.22. The lowest BCUT2D eigenvalue weighted by Crippen LogP contribution is -2.17. The van der Waals surface area contributed by atoms with Crippen molar-refractivity contribution in [2.75, 3.05) is 26.9 Å². The molecule has 1 aromatic heterocycles. The van der Waals surface area contributed by atoms with Crippen molar-refractivity contribution in [2.24, 2.45) is 0 Å². The molecule has 0 bridgehead atoms. The number of aromatic nitrogens is 1. The Hall–Kier alpha value is -3.39. The molecule has 2 aromatic carbocycles. The van der Waals surface area contributed by atoms with Crippen molar-refractivity contribution in [3.8, 4) is 27.8 Å². The minimum Gasteiger partial charge on any atom is -0.497 e. The maximum atomic E-state index is 12.4. The standard InChI is InChI=1S/C21H17NO6S/c1-25-15-5-2-13(3-6-15)20-22-16(12-29-20)21(24)28-11-17(23)14-4-7-18-19(10-14)27-9-8-26-18/h2-7,10,12H,8-9,11H2,1H3. The Morgan fingerprint density at radius 2 is 1.83 bits per heavy atom. The van der Waals surface area contributed by atoms with E-state index in [1.807, 2.05) is 24.3 Å². The number of nitrogens with zero attached hydrogens (tertiary/aromatic N) is 1. The Morgan fingerprint density at radius 3 is 2.59 bits per heavy atom. The maximum Gasteiger partial charge on any atom is 0.358 e. The number of rotatable bonds is 6. The van der Waals surface area contributed by atoms with Crippen LogP contribution in [0.25, 0.3) is 10.6 Å². The number of hydrogen-bond donors (Lipinski definition) is 0. The first-order chi connectivity index (χ1) is 14.1. The quantitative estimate of drug-likeness (QED) is 0.452. The zero-order valence-corrected chi connectivity index (χ0v) is 16.4. The molecule has 0 radical (unpaired) electrons. The highest BCUT2D eigenvalue weighted by Crippen LogP contribution is 2.31. The Kier molecular flexibility index (Phi) is 5.44. The molecular weight excluding hydrogens is 394 g/mol. The Balaban J connectivity index is 1.38. The van der Waals surface area contributed by atoms with Crippen LogP contribution in [0, 0.1) is 0 Å². The molecule has 0 aliphatic carbocycles. The molecule has 0 saturated heterocycles. The van der Waals surface area contributed by atoms with Gasteiger partial charge in [0.25, 0.3) is 0 Å². The molecule has 2 heterocycles. The molecule has 29 heavy (non-hydrogen) atoms. The third-order valence-electron chi connectivity index (χ3n) is 4.25. The molecule has 3 aromatic rings. The van der Waals surface area contributed by atoms with Crippen molar-refractivity contribution in [2.45, 2.75) is 0 Å². The van der Waals surface area contributed by atoms with Crippen LogP contribution in [0.4, 0.5) is 0 Å². The first-order valence-electron chi connectivity index (χ1n) is 8.84. The van der Waals surface area contributed by atoms with Crippen molar-refractivity contribution in [1.29, 1.82) is 0 Å². The first-order valence-corrected chi connectivity index (χ1v) is 9.72. The monoisotopic (exact) mass is 411 g/mol. The number of methoxy groups -OCH3 is 1. The average molecular weight is 411 g/mol. The van der Waals surface area contributed by atoms with Gasteiger partial charge in [0.15, 0.2) is 29.6 Å². The number of esters is 1. The first kappa shape index (κ1) is 18.9.